The Labute approximate surface area is 95.7 Å². The Morgan fingerprint density at radius 1 is 1.27 bits per heavy atom. The van der Waals surface area contributed by atoms with E-state index in [0.29, 0.717) is 18.1 Å². The SMILES string of the molecule is C=C[C@@H]1CCCN1.CC(C)N(C)C(C)C. The monoisotopic (exact) mass is 212 g/mol. The van der Waals surface area contributed by atoms with E-state index in [1.165, 1.54) is 19.4 Å². The van der Waals surface area contributed by atoms with Crippen molar-refractivity contribution in [3.05, 3.63) is 12.7 Å². The van der Waals surface area contributed by atoms with Crippen molar-refractivity contribution in [1.82, 2.24) is 10.2 Å². The van der Waals surface area contributed by atoms with Crippen LogP contribution in [0.15, 0.2) is 12.7 Å². The maximum atomic E-state index is 3.68. The summed E-state index contributed by atoms with van der Waals surface area (Å²) in [6.07, 6.45) is 4.58. The van der Waals surface area contributed by atoms with Crippen LogP contribution >= 0.6 is 0 Å². The molecule has 1 atom stereocenters. The van der Waals surface area contributed by atoms with E-state index < -0.39 is 0 Å². The third kappa shape index (κ3) is 6.69. The third-order valence-corrected chi connectivity index (χ3v) is 3.01. The van der Waals surface area contributed by atoms with E-state index in [0.717, 1.165) is 0 Å². The average Bonchev–Trinajstić information content (AvgIpc) is 2.69. The molecule has 0 bridgehead atoms. The predicted molar refractivity (Wildman–Crippen MR) is 69.3 cm³/mol. The minimum Gasteiger partial charge on any atom is -0.311 e. The summed E-state index contributed by atoms with van der Waals surface area (Å²) in [7, 11) is 2.15. The molecule has 0 saturated carbocycles. The van der Waals surface area contributed by atoms with Crippen LogP contribution in [0.5, 0.6) is 0 Å². The summed E-state index contributed by atoms with van der Waals surface area (Å²) in [4.78, 5) is 2.33. The van der Waals surface area contributed by atoms with Crippen molar-refractivity contribution in [1.29, 1.82) is 0 Å². The van der Waals surface area contributed by atoms with Gasteiger partial charge >= 0.3 is 0 Å². The van der Waals surface area contributed by atoms with Crippen molar-refractivity contribution in [3.8, 4) is 0 Å². The topological polar surface area (TPSA) is 15.3 Å². The van der Waals surface area contributed by atoms with Crippen molar-refractivity contribution < 1.29 is 0 Å². The maximum absolute atomic E-state index is 3.68. The summed E-state index contributed by atoms with van der Waals surface area (Å²) in [6.45, 7) is 13.7. The maximum Gasteiger partial charge on any atom is 0.0247 e. The second-order valence-corrected chi connectivity index (χ2v) is 4.79. The third-order valence-electron chi connectivity index (χ3n) is 3.01. The zero-order valence-corrected chi connectivity index (χ0v) is 11.1. The van der Waals surface area contributed by atoms with Crippen molar-refractivity contribution >= 4 is 0 Å². The highest BCUT2D eigenvalue weighted by molar-refractivity contribution is 4.88. The van der Waals surface area contributed by atoms with Crippen molar-refractivity contribution in [3.63, 3.8) is 0 Å². The Balaban J connectivity index is 0.000000262. The molecule has 0 unspecified atom stereocenters. The van der Waals surface area contributed by atoms with Crippen LogP contribution in [0.4, 0.5) is 0 Å². The molecule has 1 aliphatic heterocycles. The molecule has 15 heavy (non-hydrogen) atoms. The highest BCUT2D eigenvalue weighted by atomic mass is 15.1. The summed E-state index contributed by atoms with van der Waals surface area (Å²) in [5.74, 6) is 0. The van der Waals surface area contributed by atoms with Gasteiger partial charge in [-0.3, -0.25) is 0 Å². The van der Waals surface area contributed by atoms with E-state index >= 15 is 0 Å². The van der Waals surface area contributed by atoms with Gasteiger partial charge in [0.1, 0.15) is 0 Å². The van der Waals surface area contributed by atoms with Crippen molar-refractivity contribution in [2.45, 2.75) is 58.7 Å². The van der Waals surface area contributed by atoms with E-state index in [9.17, 15) is 0 Å². The smallest absolute Gasteiger partial charge is 0.0247 e. The largest absolute Gasteiger partial charge is 0.311 e. The fourth-order valence-corrected chi connectivity index (χ4v) is 1.51. The molecular formula is C13H28N2. The van der Waals surface area contributed by atoms with Crippen LogP contribution in [0, 0.1) is 0 Å². The second kappa shape index (κ2) is 7.89. The first-order valence-electron chi connectivity index (χ1n) is 6.07. The number of hydrogen-bond acceptors (Lipinski definition) is 2. The molecule has 0 spiro atoms. The van der Waals surface area contributed by atoms with E-state index in [2.05, 4.69) is 51.5 Å². The quantitative estimate of drug-likeness (QED) is 0.724. The lowest BCUT2D eigenvalue weighted by Crippen LogP contribution is -2.32. The van der Waals surface area contributed by atoms with Crippen LogP contribution in [0.3, 0.4) is 0 Å². The van der Waals surface area contributed by atoms with Crippen LogP contribution in [0.25, 0.3) is 0 Å². The molecule has 2 nitrogen and oxygen atoms in total. The van der Waals surface area contributed by atoms with Crippen molar-refractivity contribution in [2.24, 2.45) is 0 Å². The molecule has 0 aliphatic carbocycles. The van der Waals surface area contributed by atoms with Crippen LogP contribution in [-0.4, -0.2) is 36.6 Å². The van der Waals surface area contributed by atoms with Gasteiger partial charge in [0, 0.05) is 18.1 Å². The highest BCUT2D eigenvalue weighted by Gasteiger charge is 2.07. The van der Waals surface area contributed by atoms with Gasteiger partial charge in [-0.2, -0.15) is 0 Å². The van der Waals surface area contributed by atoms with E-state index in [-0.39, 0.29) is 0 Å². The van der Waals surface area contributed by atoms with Gasteiger partial charge in [0.25, 0.3) is 0 Å². The molecule has 1 aliphatic rings. The van der Waals surface area contributed by atoms with Gasteiger partial charge in [0.15, 0.2) is 0 Å². The second-order valence-electron chi connectivity index (χ2n) is 4.79. The fraction of sp³-hybridized carbons (Fsp3) is 0.846. The zero-order valence-electron chi connectivity index (χ0n) is 11.1. The van der Waals surface area contributed by atoms with Gasteiger partial charge in [-0.25, -0.2) is 0 Å². The minimum absolute atomic E-state index is 0.611. The molecule has 0 aromatic carbocycles. The summed E-state index contributed by atoms with van der Waals surface area (Å²) < 4.78 is 0. The molecule has 0 aromatic rings. The molecule has 0 amide bonds. The zero-order chi connectivity index (χ0) is 11.8. The van der Waals surface area contributed by atoms with Gasteiger partial charge in [-0.1, -0.05) is 6.08 Å². The summed E-state index contributed by atoms with van der Waals surface area (Å²) in [5.41, 5.74) is 0. The lowest BCUT2D eigenvalue weighted by atomic mass is 10.2. The molecule has 1 heterocycles. The van der Waals surface area contributed by atoms with E-state index in [1.807, 2.05) is 6.08 Å². The number of nitrogens with one attached hydrogen (secondary N) is 1. The molecule has 1 saturated heterocycles. The lowest BCUT2D eigenvalue weighted by molar-refractivity contribution is 0.222. The molecule has 0 radical (unpaired) electrons. The summed E-state index contributed by atoms with van der Waals surface area (Å²) >= 11 is 0. The number of nitrogens with zero attached hydrogens (tertiary/aromatic N) is 1. The van der Waals surface area contributed by atoms with E-state index in [1.54, 1.807) is 0 Å². The van der Waals surface area contributed by atoms with Gasteiger partial charge in [-0.05, 0) is 54.1 Å². The summed E-state index contributed by atoms with van der Waals surface area (Å²) in [6, 6.07) is 1.96. The fourth-order valence-electron chi connectivity index (χ4n) is 1.51. The Bertz CT molecular complexity index is 150. The van der Waals surface area contributed by atoms with Crippen LogP contribution < -0.4 is 5.32 Å². The normalized spacial score (nSPS) is 20.7. The predicted octanol–water partition coefficient (Wildman–Crippen LogP) is 2.66. The first-order chi connectivity index (χ1) is 6.99. The number of hydrogen-bond donors (Lipinski definition) is 1. The molecule has 2 heteroatoms. The van der Waals surface area contributed by atoms with Gasteiger partial charge in [0.05, 0.1) is 0 Å². The van der Waals surface area contributed by atoms with Gasteiger partial charge < -0.3 is 10.2 Å². The van der Waals surface area contributed by atoms with Crippen molar-refractivity contribution in [2.75, 3.05) is 13.6 Å². The highest BCUT2D eigenvalue weighted by Crippen LogP contribution is 2.03. The Hall–Kier alpha value is -0.340. The van der Waals surface area contributed by atoms with Crippen LogP contribution in [0.1, 0.15) is 40.5 Å². The number of rotatable bonds is 3. The standard InChI is InChI=1S/C7H17N.C6H11N/c1-6(2)8(5)7(3)4;1-2-6-4-3-5-7-6/h6-7H,1-5H3;2,6-7H,1,3-5H2/t;6-/m.1/s1. The minimum atomic E-state index is 0.611. The van der Waals surface area contributed by atoms with Gasteiger partial charge in [0.2, 0.25) is 0 Å². The molecule has 90 valence electrons. The first-order valence-corrected chi connectivity index (χ1v) is 6.07. The molecule has 1 fully saturated rings. The molecule has 1 N–H and O–H groups in total. The Morgan fingerprint density at radius 2 is 1.80 bits per heavy atom. The van der Waals surface area contributed by atoms with Crippen LogP contribution in [-0.2, 0) is 0 Å². The molecule has 0 aromatic heterocycles. The average molecular weight is 212 g/mol. The van der Waals surface area contributed by atoms with E-state index in [4.69, 9.17) is 0 Å². The lowest BCUT2D eigenvalue weighted by Gasteiger charge is -2.24. The first kappa shape index (κ1) is 14.7. The Morgan fingerprint density at radius 3 is 1.93 bits per heavy atom. The summed E-state index contributed by atoms with van der Waals surface area (Å²) in [5, 5.41) is 3.29. The Kier molecular flexibility index (Phi) is 7.71. The van der Waals surface area contributed by atoms with Crippen LogP contribution in [0.2, 0.25) is 0 Å². The molecular weight excluding hydrogens is 184 g/mol. The van der Waals surface area contributed by atoms with Gasteiger partial charge in [-0.15, -0.1) is 6.58 Å². The molecule has 1 rings (SSSR count).